The van der Waals surface area contributed by atoms with Gasteiger partial charge in [-0.05, 0) is 0 Å². The van der Waals surface area contributed by atoms with Crippen molar-refractivity contribution in [1.29, 1.82) is 0 Å². The molecule has 0 aromatic carbocycles. The zero-order valence-electron chi connectivity index (χ0n) is 3.44. The van der Waals surface area contributed by atoms with Crippen molar-refractivity contribution in [3.8, 4) is 0 Å². The van der Waals surface area contributed by atoms with Gasteiger partial charge in [-0.25, -0.2) is 10.1 Å². The van der Waals surface area contributed by atoms with E-state index in [1.165, 1.54) is 0 Å². The van der Waals surface area contributed by atoms with Crippen molar-refractivity contribution in [2.24, 2.45) is 0 Å². The molecule has 1 N–H and O–H groups in total. The van der Waals surface area contributed by atoms with E-state index in [-0.39, 0.29) is 6.54 Å². The van der Waals surface area contributed by atoms with Crippen LogP contribution < -0.4 is 0 Å². The molecule has 0 saturated carbocycles. The van der Waals surface area contributed by atoms with Gasteiger partial charge in [-0.3, -0.25) is 0 Å². The molecule has 0 bridgehead atoms. The van der Waals surface area contributed by atoms with Gasteiger partial charge in [0.15, 0.2) is 5.03 Å². The predicted octanol–water partition coefficient (Wildman–Crippen LogP) is -1.19. The van der Waals surface area contributed by atoms with Crippen molar-refractivity contribution in [1.82, 2.24) is 5.01 Å². The Morgan fingerprint density at radius 3 is 2.43 bits per heavy atom. The molecule has 0 aromatic rings. The molecule has 5 nitrogen and oxygen atoms in total. The second-order valence-electron chi connectivity index (χ2n) is 1.34. The third-order valence-corrected chi connectivity index (χ3v) is 0.771. The van der Waals surface area contributed by atoms with Crippen LogP contribution in [0.25, 0.3) is 0 Å². The fourth-order valence-corrected chi connectivity index (χ4v) is 0.296. The number of hydrazine groups is 1. The molecule has 1 unspecified atom stereocenters. The van der Waals surface area contributed by atoms with Crippen molar-refractivity contribution in [3.63, 3.8) is 0 Å². The first-order valence-electron chi connectivity index (χ1n) is 1.81. The lowest BCUT2D eigenvalue weighted by Crippen LogP contribution is -2.09. The van der Waals surface area contributed by atoms with E-state index < -0.39 is 11.3 Å². The second-order valence-corrected chi connectivity index (χ2v) is 1.34. The molecule has 1 saturated heterocycles. The summed E-state index contributed by atoms with van der Waals surface area (Å²) in [4.78, 5) is 9.54. The van der Waals surface area contributed by atoms with Gasteiger partial charge in [0, 0.05) is 0 Å². The lowest BCUT2D eigenvalue weighted by Gasteiger charge is -1.83. The molecule has 1 atom stereocenters. The number of rotatable bonds is 1. The number of nitro groups is 1. The first kappa shape index (κ1) is 4.32. The lowest BCUT2D eigenvalue weighted by molar-refractivity contribution is -0.625. The number of nitrogens with zero attached hydrogens (tertiary/aromatic N) is 2. The lowest BCUT2D eigenvalue weighted by atomic mass is 10.9. The van der Waals surface area contributed by atoms with Crippen molar-refractivity contribution >= 4 is 0 Å². The smallest absolute Gasteiger partial charge is 0.208 e. The van der Waals surface area contributed by atoms with Crippen molar-refractivity contribution < 1.29 is 10.1 Å². The first-order chi connectivity index (χ1) is 3.22. The van der Waals surface area contributed by atoms with E-state index in [1.54, 1.807) is 0 Å². The fraction of sp³-hybridized carbons (Fsp3) is 1.00. The Bertz CT molecular complexity index is 103. The normalized spacial score (nSPS) is 27.6. The summed E-state index contributed by atoms with van der Waals surface area (Å²) in [5.41, 5.74) is 0. The van der Waals surface area contributed by atoms with Crippen LogP contribution in [0.15, 0.2) is 0 Å². The Kier molecular flexibility index (Phi) is 0.657. The quantitative estimate of drug-likeness (QED) is 0.258. The Morgan fingerprint density at radius 2 is 2.43 bits per heavy atom. The van der Waals surface area contributed by atoms with Gasteiger partial charge in [0.05, 0.1) is 0 Å². The summed E-state index contributed by atoms with van der Waals surface area (Å²) >= 11 is 0. The molecule has 7 heavy (non-hydrogen) atoms. The number of aliphatic hydroxyl groups is 1. The number of β-amino-alcohol motifs (C(OH)–C–C–N with tert-alkyl or cyclic N) is 1. The minimum atomic E-state index is -0.824. The summed E-state index contributed by atoms with van der Waals surface area (Å²) in [6.45, 7) is 0.174. The second kappa shape index (κ2) is 1.06. The van der Waals surface area contributed by atoms with Crippen LogP contribution in [-0.2, 0) is 0 Å². The van der Waals surface area contributed by atoms with Crippen LogP contribution in [0, 0.1) is 10.1 Å². The summed E-state index contributed by atoms with van der Waals surface area (Å²) in [6.07, 6.45) is -0.824. The number of hydrogen-bond acceptors (Lipinski definition) is 3. The van der Waals surface area contributed by atoms with Gasteiger partial charge in [-0.15, -0.1) is 0 Å². The van der Waals surface area contributed by atoms with Crippen LogP contribution in [0.5, 0.6) is 0 Å². The zero-order chi connectivity index (χ0) is 5.44. The van der Waals surface area contributed by atoms with Gasteiger partial charge < -0.3 is 5.11 Å². The molecular weight excluding hydrogens is 100 g/mol. The Balaban J connectivity index is 2.33. The minimum absolute atomic E-state index is 0.174. The van der Waals surface area contributed by atoms with Crippen molar-refractivity contribution in [2.45, 2.75) is 6.23 Å². The standard InChI is InChI=1S/C2H4N2O3/c5-2-1-3(2)4(6)7/h2,5H,1H2. The fourth-order valence-electron chi connectivity index (χ4n) is 0.296. The van der Waals surface area contributed by atoms with Crippen molar-refractivity contribution in [3.05, 3.63) is 10.1 Å². The number of aliphatic hydroxyl groups excluding tert-OH is 1. The van der Waals surface area contributed by atoms with Gasteiger partial charge in [0.2, 0.25) is 6.23 Å². The van der Waals surface area contributed by atoms with Crippen LogP contribution in [-0.4, -0.2) is 27.9 Å². The molecule has 1 aliphatic heterocycles. The Morgan fingerprint density at radius 1 is 2.00 bits per heavy atom. The molecule has 5 heteroatoms. The molecule has 0 radical (unpaired) electrons. The van der Waals surface area contributed by atoms with Crippen LogP contribution in [0.2, 0.25) is 0 Å². The zero-order valence-corrected chi connectivity index (χ0v) is 3.44. The largest absolute Gasteiger partial charge is 0.367 e. The van der Waals surface area contributed by atoms with Gasteiger partial charge in [0.25, 0.3) is 0 Å². The highest BCUT2D eigenvalue weighted by Gasteiger charge is 2.41. The highest BCUT2D eigenvalue weighted by Crippen LogP contribution is 2.11. The highest BCUT2D eigenvalue weighted by atomic mass is 16.7. The SMILES string of the molecule is O=[N+]([O-])N1CC1O. The van der Waals surface area contributed by atoms with Gasteiger partial charge >= 0.3 is 0 Å². The maximum atomic E-state index is 9.54. The monoisotopic (exact) mass is 104 g/mol. The van der Waals surface area contributed by atoms with E-state index in [9.17, 15) is 10.1 Å². The van der Waals surface area contributed by atoms with Gasteiger partial charge in [-0.1, -0.05) is 5.01 Å². The van der Waals surface area contributed by atoms with E-state index in [0.717, 1.165) is 5.01 Å². The third-order valence-electron chi connectivity index (χ3n) is 0.771. The van der Waals surface area contributed by atoms with Crippen LogP contribution >= 0.6 is 0 Å². The predicted molar refractivity (Wildman–Crippen MR) is 19.7 cm³/mol. The molecule has 1 aliphatic rings. The number of hydrogen-bond donors (Lipinski definition) is 1. The van der Waals surface area contributed by atoms with E-state index in [0.29, 0.717) is 0 Å². The summed E-state index contributed by atoms with van der Waals surface area (Å²) in [6, 6.07) is 0. The molecule has 1 fully saturated rings. The highest BCUT2D eigenvalue weighted by molar-refractivity contribution is 4.67. The summed E-state index contributed by atoms with van der Waals surface area (Å²) in [5.74, 6) is 0. The Hall–Kier alpha value is -0.840. The van der Waals surface area contributed by atoms with E-state index in [4.69, 9.17) is 5.11 Å². The maximum Gasteiger partial charge on any atom is 0.208 e. The summed E-state index contributed by atoms with van der Waals surface area (Å²) in [7, 11) is 0. The van der Waals surface area contributed by atoms with E-state index in [1.807, 2.05) is 0 Å². The molecule has 1 rings (SSSR count). The van der Waals surface area contributed by atoms with E-state index in [2.05, 4.69) is 0 Å². The van der Waals surface area contributed by atoms with Crippen LogP contribution in [0.3, 0.4) is 0 Å². The summed E-state index contributed by atoms with van der Waals surface area (Å²) in [5, 5.41) is 17.9. The average Bonchev–Trinajstić information content (AvgIpc) is 2.17. The Labute approximate surface area is 39.3 Å². The maximum absolute atomic E-state index is 9.54. The topological polar surface area (TPSA) is 66.4 Å². The molecule has 0 aliphatic carbocycles. The third kappa shape index (κ3) is 0.614. The van der Waals surface area contributed by atoms with Crippen LogP contribution in [0.1, 0.15) is 0 Å². The minimum Gasteiger partial charge on any atom is -0.367 e. The van der Waals surface area contributed by atoms with Crippen LogP contribution in [0.4, 0.5) is 0 Å². The van der Waals surface area contributed by atoms with Gasteiger partial charge in [-0.2, -0.15) is 0 Å². The van der Waals surface area contributed by atoms with E-state index >= 15 is 0 Å². The summed E-state index contributed by atoms with van der Waals surface area (Å²) < 4.78 is 0. The average molecular weight is 104 g/mol. The first-order valence-corrected chi connectivity index (χ1v) is 1.81. The van der Waals surface area contributed by atoms with Gasteiger partial charge in [0.1, 0.15) is 6.54 Å². The molecule has 40 valence electrons. The molecule has 0 spiro atoms. The molecular formula is C2H4N2O3. The molecule has 0 aromatic heterocycles. The molecule has 0 amide bonds. The molecule has 1 heterocycles. The van der Waals surface area contributed by atoms with Crippen molar-refractivity contribution in [2.75, 3.05) is 6.54 Å².